The molecular weight excluding hydrogens is 294 g/mol. The van der Waals surface area contributed by atoms with E-state index in [1.54, 1.807) is 11.8 Å². The second-order valence-electron chi connectivity index (χ2n) is 5.37. The molecule has 7 nitrogen and oxygen atoms in total. The Balaban J connectivity index is 2.33. The minimum absolute atomic E-state index is 0.0643. The van der Waals surface area contributed by atoms with E-state index in [0.717, 1.165) is 17.4 Å². The first-order chi connectivity index (χ1) is 9.75. The fraction of sp³-hybridized carbons (Fsp3) is 0.615. The Morgan fingerprint density at radius 3 is 2.71 bits per heavy atom. The minimum Gasteiger partial charge on any atom is -0.448 e. The first-order valence-corrected chi connectivity index (χ1v) is 8.23. The van der Waals surface area contributed by atoms with Crippen molar-refractivity contribution < 1.29 is 17.6 Å². The summed E-state index contributed by atoms with van der Waals surface area (Å²) in [5, 5.41) is 3.01. The van der Waals surface area contributed by atoms with Crippen molar-refractivity contribution in [2.75, 3.05) is 33.7 Å². The molecule has 1 saturated heterocycles. The standard InChI is InChI=1S/C13H21N3O4S/c1-9-8-14-5-6-16(9)13(17)11-7-12(20-10(11)2)21(18,19)15(3)4/h7,9,14H,5-6,8H2,1-4H3. The topological polar surface area (TPSA) is 82.9 Å². The van der Waals surface area contributed by atoms with Gasteiger partial charge in [-0.25, -0.2) is 12.7 Å². The highest BCUT2D eigenvalue weighted by atomic mass is 32.2. The van der Waals surface area contributed by atoms with E-state index in [4.69, 9.17) is 4.42 Å². The summed E-state index contributed by atoms with van der Waals surface area (Å²) < 4.78 is 30.5. The first-order valence-electron chi connectivity index (χ1n) is 6.79. The average molecular weight is 315 g/mol. The Labute approximate surface area is 124 Å². The van der Waals surface area contributed by atoms with Crippen LogP contribution in [0.4, 0.5) is 0 Å². The number of aryl methyl sites for hydroxylation is 1. The Morgan fingerprint density at radius 2 is 2.14 bits per heavy atom. The van der Waals surface area contributed by atoms with Crippen LogP contribution in [0.2, 0.25) is 0 Å². The van der Waals surface area contributed by atoms with E-state index in [9.17, 15) is 13.2 Å². The van der Waals surface area contributed by atoms with E-state index in [1.165, 1.54) is 20.2 Å². The summed E-state index contributed by atoms with van der Waals surface area (Å²) >= 11 is 0. The van der Waals surface area contributed by atoms with Gasteiger partial charge in [0.1, 0.15) is 5.76 Å². The number of piperazine rings is 1. The lowest BCUT2D eigenvalue weighted by Crippen LogP contribution is -2.52. The molecule has 0 bridgehead atoms. The fourth-order valence-corrected chi connectivity index (χ4v) is 3.13. The van der Waals surface area contributed by atoms with Gasteiger partial charge in [-0.15, -0.1) is 0 Å². The van der Waals surface area contributed by atoms with Crippen molar-refractivity contribution in [1.82, 2.24) is 14.5 Å². The fourth-order valence-electron chi connectivity index (χ4n) is 2.27. The SMILES string of the molecule is Cc1oc(S(=O)(=O)N(C)C)cc1C(=O)N1CCNCC1C. The Kier molecular flexibility index (Phi) is 4.40. The van der Waals surface area contributed by atoms with Crippen LogP contribution in [0.25, 0.3) is 0 Å². The molecule has 1 unspecified atom stereocenters. The van der Waals surface area contributed by atoms with E-state index in [0.29, 0.717) is 17.9 Å². The predicted molar refractivity (Wildman–Crippen MR) is 77.7 cm³/mol. The zero-order chi connectivity index (χ0) is 15.8. The molecule has 0 radical (unpaired) electrons. The highest BCUT2D eigenvalue weighted by molar-refractivity contribution is 7.88. The maximum Gasteiger partial charge on any atom is 0.275 e. The van der Waals surface area contributed by atoms with Gasteiger partial charge in [0.15, 0.2) is 0 Å². The highest BCUT2D eigenvalue weighted by Crippen LogP contribution is 2.23. The van der Waals surface area contributed by atoms with Crippen molar-refractivity contribution in [3.05, 3.63) is 17.4 Å². The normalized spacial score (nSPS) is 20.0. The molecule has 0 spiro atoms. The third-order valence-electron chi connectivity index (χ3n) is 3.62. The molecule has 1 aliphatic heterocycles. The van der Waals surface area contributed by atoms with Crippen molar-refractivity contribution >= 4 is 15.9 Å². The third-order valence-corrected chi connectivity index (χ3v) is 5.29. The number of amides is 1. The number of hydrogen-bond donors (Lipinski definition) is 1. The minimum atomic E-state index is -3.67. The monoisotopic (exact) mass is 315 g/mol. The molecular formula is C13H21N3O4S. The number of nitrogens with one attached hydrogen (secondary N) is 1. The number of rotatable bonds is 3. The van der Waals surface area contributed by atoms with Crippen LogP contribution in [-0.2, 0) is 10.0 Å². The van der Waals surface area contributed by atoms with Crippen molar-refractivity contribution in [3.63, 3.8) is 0 Å². The Bertz CT molecular complexity index is 636. The van der Waals surface area contributed by atoms with E-state index in [1.807, 2.05) is 6.92 Å². The number of nitrogens with zero attached hydrogens (tertiary/aromatic N) is 2. The third kappa shape index (κ3) is 2.97. The molecule has 118 valence electrons. The molecule has 0 aromatic carbocycles. The lowest BCUT2D eigenvalue weighted by Gasteiger charge is -2.33. The van der Waals surface area contributed by atoms with E-state index in [-0.39, 0.29) is 17.0 Å². The van der Waals surface area contributed by atoms with Crippen LogP contribution in [0.3, 0.4) is 0 Å². The van der Waals surface area contributed by atoms with Crippen LogP contribution in [0.1, 0.15) is 23.0 Å². The van der Waals surface area contributed by atoms with Gasteiger partial charge in [-0.2, -0.15) is 0 Å². The largest absolute Gasteiger partial charge is 0.448 e. The molecule has 2 rings (SSSR count). The molecule has 2 heterocycles. The van der Waals surface area contributed by atoms with E-state index < -0.39 is 10.0 Å². The van der Waals surface area contributed by atoms with Gasteiger partial charge < -0.3 is 14.6 Å². The summed E-state index contributed by atoms with van der Waals surface area (Å²) in [6.07, 6.45) is 0. The lowest BCUT2D eigenvalue weighted by atomic mass is 10.1. The molecule has 1 N–H and O–H groups in total. The second-order valence-corrected chi connectivity index (χ2v) is 7.46. The zero-order valence-electron chi connectivity index (χ0n) is 12.7. The number of carbonyl (C=O) groups is 1. The summed E-state index contributed by atoms with van der Waals surface area (Å²) in [5.41, 5.74) is 0.309. The molecule has 8 heteroatoms. The molecule has 1 amide bonds. The van der Waals surface area contributed by atoms with Crippen LogP contribution in [0, 0.1) is 6.92 Å². The number of furan rings is 1. The van der Waals surface area contributed by atoms with Crippen molar-refractivity contribution in [1.29, 1.82) is 0 Å². The van der Waals surface area contributed by atoms with Gasteiger partial charge in [0.05, 0.1) is 5.56 Å². The van der Waals surface area contributed by atoms with Crippen molar-refractivity contribution in [3.8, 4) is 0 Å². The first kappa shape index (κ1) is 16.0. The van der Waals surface area contributed by atoms with Gasteiger partial charge in [-0.3, -0.25) is 4.79 Å². The molecule has 1 aromatic rings. The van der Waals surface area contributed by atoms with Crippen LogP contribution in [0.5, 0.6) is 0 Å². The molecule has 1 aromatic heterocycles. The van der Waals surface area contributed by atoms with Gasteiger partial charge in [-0.05, 0) is 13.8 Å². The molecule has 1 atom stereocenters. The number of carbonyl (C=O) groups excluding carboxylic acids is 1. The number of hydrogen-bond acceptors (Lipinski definition) is 5. The zero-order valence-corrected chi connectivity index (χ0v) is 13.5. The van der Waals surface area contributed by atoms with Gasteiger partial charge in [-0.1, -0.05) is 0 Å². The molecule has 0 aliphatic carbocycles. The highest BCUT2D eigenvalue weighted by Gasteiger charge is 2.30. The maximum atomic E-state index is 12.6. The van der Waals surface area contributed by atoms with Gasteiger partial charge >= 0.3 is 0 Å². The van der Waals surface area contributed by atoms with Crippen LogP contribution >= 0.6 is 0 Å². The summed E-state index contributed by atoms with van der Waals surface area (Å²) in [4.78, 5) is 14.3. The number of sulfonamides is 1. The molecule has 21 heavy (non-hydrogen) atoms. The smallest absolute Gasteiger partial charge is 0.275 e. The molecule has 1 aliphatic rings. The summed E-state index contributed by atoms with van der Waals surface area (Å²) in [7, 11) is -0.825. The van der Waals surface area contributed by atoms with Gasteiger partial charge in [0.25, 0.3) is 15.9 Å². The second kappa shape index (κ2) is 5.78. The van der Waals surface area contributed by atoms with E-state index in [2.05, 4.69) is 5.32 Å². The Hall–Kier alpha value is -1.38. The Morgan fingerprint density at radius 1 is 1.48 bits per heavy atom. The lowest BCUT2D eigenvalue weighted by molar-refractivity contribution is 0.0654. The van der Waals surface area contributed by atoms with Crippen LogP contribution in [-0.4, -0.2) is 63.3 Å². The van der Waals surface area contributed by atoms with Crippen LogP contribution in [0.15, 0.2) is 15.6 Å². The molecule has 1 fully saturated rings. The maximum absolute atomic E-state index is 12.6. The van der Waals surface area contributed by atoms with Gasteiger partial charge in [0.2, 0.25) is 5.09 Å². The summed E-state index contributed by atoms with van der Waals surface area (Å²) in [6, 6.07) is 1.39. The molecule has 0 saturated carbocycles. The quantitative estimate of drug-likeness (QED) is 0.866. The van der Waals surface area contributed by atoms with E-state index >= 15 is 0 Å². The average Bonchev–Trinajstić information content (AvgIpc) is 2.81. The van der Waals surface area contributed by atoms with Gasteiger partial charge in [0, 0.05) is 45.8 Å². The van der Waals surface area contributed by atoms with Crippen LogP contribution < -0.4 is 5.32 Å². The van der Waals surface area contributed by atoms with Crippen molar-refractivity contribution in [2.45, 2.75) is 25.0 Å². The van der Waals surface area contributed by atoms with Crippen molar-refractivity contribution in [2.24, 2.45) is 0 Å². The summed E-state index contributed by atoms with van der Waals surface area (Å²) in [5.74, 6) is 0.136. The predicted octanol–water partition coefficient (Wildman–Crippen LogP) is 0.272. The summed E-state index contributed by atoms with van der Waals surface area (Å²) in [6.45, 7) is 5.62.